The Hall–Kier alpha value is -1.85. The minimum atomic E-state index is -3.74. The molecule has 0 saturated heterocycles. The van der Waals surface area contributed by atoms with Gasteiger partial charge in [-0.3, -0.25) is 9.32 Å². The first-order valence-corrected chi connectivity index (χ1v) is 9.43. The van der Waals surface area contributed by atoms with Gasteiger partial charge in [-0.2, -0.15) is 5.09 Å². The lowest BCUT2D eigenvalue weighted by Crippen LogP contribution is -2.34. The largest absolute Gasteiger partial charge is 0.460 e. The fourth-order valence-electron chi connectivity index (χ4n) is 1.89. The SMILES string of the molecule is CO[P@](=O)(N[C@@H](C)C(=O)OCc1ccccc1)Oc1ccc(Cl)cc1. The highest BCUT2D eigenvalue weighted by atomic mass is 35.5. The van der Waals surface area contributed by atoms with Crippen molar-refractivity contribution in [1.29, 1.82) is 0 Å². The number of halogens is 1. The Morgan fingerprint density at radius 1 is 1.16 bits per heavy atom. The number of hydrogen-bond acceptors (Lipinski definition) is 5. The first-order chi connectivity index (χ1) is 11.9. The molecule has 0 aromatic heterocycles. The highest BCUT2D eigenvalue weighted by Gasteiger charge is 2.30. The Kier molecular flexibility index (Phi) is 7.02. The molecule has 0 aliphatic carbocycles. The van der Waals surface area contributed by atoms with Crippen LogP contribution in [-0.2, 0) is 25.2 Å². The van der Waals surface area contributed by atoms with Crippen LogP contribution in [-0.4, -0.2) is 19.1 Å². The van der Waals surface area contributed by atoms with Crippen molar-refractivity contribution in [2.24, 2.45) is 0 Å². The van der Waals surface area contributed by atoms with Gasteiger partial charge in [-0.1, -0.05) is 41.9 Å². The average Bonchev–Trinajstić information content (AvgIpc) is 2.62. The third kappa shape index (κ3) is 6.18. The summed E-state index contributed by atoms with van der Waals surface area (Å²) in [6.07, 6.45) is 0. The third-order valence-electron chi connectivity index (χ3n) is 3.21. The second kappa shape index (κ2) is 9.02. The number of rotatable bonds is 8. The Morgan fingerprint density at radius 3 is 2.40 bits per heavy atom. The van der Waals surface area contributed by atoms with Gasteiger partial charge >= 0.3 is 13.7 Å². The van der Waals surface area contributed by atoms with Crippen molar-refractivity contribution in [2.75, 3.05) is 7.11 Å². The summed E-state index contributed by atoms with van der Waals surface area (Å²) < 4.78 is 28.1. The molecular weight excluding hydrogens is 365 g/mol. The first-order valence-electron chi connectivity index (χ1n) is 7.51. The molecule has 2 atom stereocenters. The summed E-state index contributed by atoms with van der Waals surface area (Å²) in [6.45, 7) is 1.64. The number of esters is 1. The number of nitrogens with one attached hydrogen (secondary N) is 1. The highest BCUT2D eigenvalue weighted by Crippen LogP contribution is 2.44. The summed E-state index contributed by atoms with van der Waals surface area (Å²) in [5, 5.41) is 3.06. The molecule has 1 N–H and O–H groups in total. The predicted molar refractivity (Wildman–Crippen MR) is 95.5 cm³/mol. The monoisotopic (exact) mass is 383 g/mol. The van der Waals surface area contributed by atoms with Crippen LogP contribution in [0.25, 0.3) is 0 Å². The standard InChI is InChI=1S/C17H19ClNO5P/c1-13(17(20)23-12-14-6-4-3-5-7-14)19-25(21,22-2)24-16-10-8-15(18)9-11-16/h3-11,13H,12H2,1-2H3,(H,19,21)/t13-,25+/m0/s1. The Bertz CT molecular complexity index is 738. The lowest BCUT2D eigenvalue weighted by atomic mass is 10.2. The van der Waals surface area contributed by atoms with Crippen LogP contribution in [0.4, 0.5) is 0 Å². The van der Waals surface area contributed by atoms with Crippen LogP contribution < -0.4 is 9.61 Å². The van der Waals surface area contributed by atoms with Crippen LogP contribution in [0.3, 0.4) is 0 Å². The zero-order valence-corrected chi connectivity index (χ0v) is 15.5. The van der Waals surface area contributed by atoms with Gasteiger partial charge in [0, 0.05) is 12.1 Å². The Labute approximate surface area is 151 Å². The van der Waals surface area contributed by atoms with E-state index in [0.717, 1.165) is 5.56 Å². The first kappa shape index (κ1) is 19.5. The fourth-order valence-corrected chi connectivity index (χ4v) is 3.23. The van der Waals surface area contributed by atoms with E-state index in [2.05, 4.69) is 5.09 Å². The van der Waals surface area contributed by atoms with Gasteiger partial charge in [0.2, 0.25) is 0 Å². The molecule has 0 unspecified atom stereocenters. The van der Waals surface area contributed by atoms with Gasteiger partial charge in [0.1, 0.15) is 18.4 Å². The molecule has 2 aromatic carbocycles. The van der Waals surface area contributed by atoms with Gasteiger partial charge in [-0.25, -0.2) is 4.57 Å². The van der Waals surface area contributed by atoms with E-state index in [0.29, 0.717) is 10.8 Å². The Morgan fingerprint density at radius 2 is 1.80 bits per heavy atom. The summed E-state index contributed by atoms with van der Waals surface area (Å²) in [5.41, 5.74) is 0.857. The third-order valence-corrected chi connectivity index (χ3v) is 5.10. The molecular formula is C17H19ClNO5P. The minimum Gasteiger partial charge on any atom is -0.460 e. The predicted octanol–water partition coefficient (Wildman–Crippen LogP) is 4.19. The number of carbonyl (C=O) groups excluding carboxylic acids is 1. The molecule has 0 aliphatic rings. The van der Waals surface area contributed by atoms with Crippen molar-refractivity contribution in [1.82, 2.24) is 5.09 Å². The van der Waals surface area contributed by atoms with Crippen molar-refractivity contribution in [2.45, 2.75) is 19.6 Å². The summed E-state index contributed by atoms with van der Waals surface area (Å²) in [4.78, 5) is 12.1. The molecule has 134 valence electrons. The average molecular weight is 384 g/mol. The van der Waals surface area contributed by atoms with Crippen molar-refractivity contribution >= 4 is 25.3 Å². The van der Waals surface area contributed by atoms with Crippen LogP contribution in [0.1, 0.15) is 12.5 Å². The second-order valence-electron chi connectivity index (χ2n) is 5.17. The lowest BCUT2D eigenvalue weighted by Gasteiger charge is -2.21. The van der Waals surface area contributed by atoms with E-state index in [1.54, 1.807) is 24.3 Å². The fraction of sp³-hybridized carbons (Fsp3) is 0.235. The van der Waals surface area contributed by atoms with Crippen molar-refractivity contribution in [3.8, 4) is 5.75 Å². The molecule has 2 rings (SSSR count). The van der Waals surface area contributed by atoms with E-state index in [1.165, 1.54) is 14.0 Å². The molecule has 8 heteroatoms. The van der Waals surface area contributed by atoms with Crippen LogP contribution in [0.2, 0.25) is 5.02 Å². The van der Waals surface area contributed by atoms with Gasteiger partial charge in [0.05, 0.1) is 0 Å². The zero-order chi connectivity index (χ0) is 18.3. The lowest BCUT2D eigenvalue weighted by molar-refractivity contribution is -0.146. The van der Waals surface area contributed by atoms with Gasteiger partial charge in [-0.15, -0.1) is 0 Å². The van der Waals surface area contributed by atoms with Gasteiger partial charge in [0.25, 0.3) is 0 Å². The normalized spacial score (nSPS) is 14.4. The summed E-state index contributed by atoms with van der Waals surface area (Å²) in [6, 6.07) is 14.7. The number of hydrogen-bond donors (Lipinski definition) is 1. The number of benzene rings is 2. The van der Waals surface area contributed by atoms with Gasteiger partial charge in [-0.05, 0) is 36.8 Å². The van der Waals surface area contributed by atoms with E-state index in [-0.39, 0.29) is 6.61 Å². The maximum atomic E-state index is 12.6. The summed E-state index contributed by atoms with van der Waals surface area (Å²) in [5.74, 6) is -0.271. The molecule has 25 heavy (non-hydrogen) atoms. The summed E-state index contributed by atoms with van der Waals surface area (Å²) in [7, 11) is -2.51. The van der Waals surface area contributed by atoms with Crippen LogP contribution in [0.15, 0.2) is 54.6 Å². The smallest absolute Gasteiger partial charge is 0.459 e. The molecule has 0 fully saturated rings. The van der Waals surface area contributed by atoms with Gasteiger partial charge < -0.3 is 9.26 Å². The van der Waals surface area contributed by atoms with E-state index in [4.69, 9.17) is 25.4 Å². The Balaban J connectivity index is 1.93. The molecule has 0 bridgehead atoms. The van der Waals surface area contributed by atoms with Crippen molar-refractivity contribution < 1.29 is 23.1 Å². The maximum Gasteiger partial charge on any atom is 0.459 e. The second-order valence-corrected chi connectivity index (χ2v) is 7.41. The molecule has 0 amide bonds. The minimum absolute atomic E-state index is 0.126. The van der Waals surface area contributed by atoms with Crippen molar-refractivity contribution in [3.05, 3.63) is 65.2 Å². The van der Waals surface area contributed by atoms with Crippen molar-refractivity contribution in [3.63, 3.8) is 0 Å². The van der Waals surface area contributed by atoms with Crippen LogP contribution in [0, 0.1) is 0 Å². The molecule has 0 saturated carbocycles. The number of carbonyl (C=O) groups is 1. The van der Waals surface area contributed by atoms with Gasteiger partial charge in [0.15, 0.2) is 0 Å². The highest BCUT2D eigenvalue weighted by molar-refractivity contribution is 7.52. The molecule has 0 heterocycles. The van der Waals surface area contributed by atoms with E-state index in [1.807, 2.05) is 30.3 Å². The maximum absolute atomic E-state index is 12.6. The number of ether oxygens (including phenoxy) is 1. The zero-order valence-electron chi connectivity index (χ0n) is 13.8. The van der Waals surface area contributed by atoms with E-state index >= 15 is 0 Å². The topological polar surface area (TPSA) is 73.9 Å². The quantitative estimate of drug-likeness (QED) is 0.544. The van der Waals surface area contributed by atoms with Crippen LogP contribution in [0.5, 0.6) is 5.75 Å². The molecule has 0 spiro atoms. The molecule has 0 radical (unpaired) electrons. The van der Waals surface area contributed by atoms with E-state index in [9.17, 15) is 9.36 Å². The summed E-state index contributed by atoms with van der Waals surface area (Å²) >= 11 is 5.80. The molecule has 2 aromatic rings. The molecule has 0 aliphatic heterocycles. The van der Waals surface area contributed by atoms with Crippen LogP contribution >= 0.6 is 19.3 Å². The molecule has 6 nitrogen and oxygen atoms in total. The van der Waals surface area contributed by atoms with E-state index < -0.39 is 19.8 Å².